The van der Waals surface area contributed by atoms with Gasteiger partial charge in [0.15, 0.2) is 0 Å². The molecular formula is C17H20ClN3O2S. The maximum Gasteiger partial charge on any atom is 0.263 e. The smallest absolute Gasteiger partial charge is 0.263 e. The van der Waals surface area contributed by atoms with Crippen LogP contribution in [0.4, 0.5) is 0 Å². The Morgan fingerprint density at radius 3 is 2.62 bits per heavy atom. The van der Waals surface area contributed by atoms with Crippen molar-refractivity contribution in [1.29, 1.82) is 0 Å². The van der Waals surface area contributed by atoms with Crippen molar-refractivity contribution < 1.29 is 9.59 Å². The van der Waals surface area contributed by atoms with Gasteiger partial charge < -0.3 is 10.6 Å². The Morgan fingerprint density at radius 2 is 1.96 bits per heavy atom. The number of aryl methyl sites for hydroxylation is 1. The summed E-state index contributed by atoms with van der Waals surface area (Å²) < 4.78 is 0. The number of aromatic nitrogens is 1. The highest BCUT2D eigenvalue weighted by molar-refractivity contribution is 7.17. The molecule has 1 heterocycles. The molecule has 5 nitrogen and oxygen atoms in total. The first-order valence-corrected chi connectivity index (χ1v) is 8.87. The maximum absolute atomic E-state index is 12.3. The summed E-state index contributed by atoms with van der Waals surface area (Å²) in [5, 5.41) is 6.95. The van der Waals surface area contributed by atoms with Gasteiger partial charge in [-0.25, -0.2) is 4.98 Å². The molecule has 1 aromatic heterocycles. The highest BCUT2D eigenvalue weighted by Crippen LogP contribution is 2.29. The van der Waals surface area contributed by atoms with Gasteiger partial charge in [0.2, 0.25) is 5.91 Å². The number of hydrogen-bond acceptors (Lipinski definition) is 4. The average Bonchev–Trinajstić information content (AvgIpc) is 2.93. The summed E-state index contributed by atoms with van der Waals surface area (Å²) in [6.45, 7) is 6.24. The van der Waals surface area contributed by atoms with Crippen molar-refractivity contribution in [3.63, 3.8) is 0 Å². The Bertz CT molecular complexity index is 743. The van der Waals surface area contributed by atoms with Crippen LogP contribution < -0.4 is 10.6 Å². The molecule has 0 aliphatic rings. The third-order valence-corrected chi connectivity index (χ3v) is 4.75. The molecule has 2 N–H and O–H groups in total. The fourth-order valence-electron chi connectivity index (χ4n) is 2.00. The number of hydrogen-bond donors (Lipinski definition) is 2. The predicted molar refractivity (Wildman–Crippen MR) is 97.5 cm³/mol. The molecule has 0 spiro atoms. The lowest BCUT2D eigenvalue weighted by Gasteiger charge is -2.08. The summed E-state index contributed by atoms with van der Waals surface area (Å²) in [7, 11) is 0. The van der Waals surface area contributed by atoms with Crippen LogP contribution in [0.2, 0.25) is 5.02 Å². The first-order chi connectivity index (χ1) is 11.4. The third-order valence-electron chi connectivity index (χ3n) is 3.31. The molecule has 0 aliphatic carbocycles. The molecule has 1 aromatic carbocycles. The lowest BCUT2D eigenvalue weighted by molar-refractivity contribution is -0.123. The molecule has 2 amide bonds. The van der Waals surface area contributed by atoms with E-state index >= 15 is 0 Å². The first-order valence-electron chi connectivity index (χ1n) is 7.67. The monoisotopic (exact) mass is 365 g/mol. The molecule has 0 radical (unpaired) electrons. The van der Waals surface area contributed by atoms with E-state index in [1.165, 1.54) is 11.3 Å². The van der Waals surface area contributed by atoms with E-state index < -0.39 is 0 Å². The van der Waals surface area contributed by atoms with E-state index in [0.29, 0.717) is 28.7 Å². The fourth-order valence-corrected chi connectivity index (χ4v) is 3.17. The molecule has 2 aromatic rings. The van der Waals surface area contributed by atoms with E-state index in [4.69, 9.17) is 11.6 Å². The van der Waals surface area contributed by atoms with Crippen LogP contribution >= 0.6 is 22.9 Å². The van der Waals surface area contributed by atoms with Crippen LogP contribution in [-0.4, -0.2) is 29.9 Å². The van der Waals surface area contributed by atoms with Crippen LogP contribution in [0.15, 0.2) is 24.3 Å². The summed E-state index contributed by atoms with van der Waals surface area (Å²) >= 11 is 7.33. The van der Waals surface area contributed by atoms with Crippen LogP contribution in [-0.2, 0) is 4.79 Å². The Hall–Kier alpha value is -1.92. The van der Waals surface area contributed by atoms with E-state index in [0.717, 1.165) is 10.6 Å². The highest BCUT2D eigenvalue weighted by Gasteiger charge is 2.16. The molecule has 0 fully saturated rings. The molecule has 0 aliphatic heterocycles. The Kier molecular flexibility index (Phi) is 6.34. The third kappa shape index (κ3) is 4.79. The van der Waals surface area contributed by atoms with Crippen LogP contribution in [0.1, 0.15) is 29.2 Å². The molecule has 7 heteroatoms. The molecule has 0 saturated carbocycles. The van der Waals surface area contributed by atoms with Crippen molar-refractivity contribution in [2.45, 2.75) is 20.8 Å². The Balaban J connectivity index is 1.97. The van der Waals surface area contributed by atoms with Gasteiger partial charge in [-0.05, 0) is 19.1 Å². The number of nitrogens with zero attached hydrogens (tertiary/aromatic N) is 1. The largest absolute Gasteiger partial charge is 0.354 e. The van der Waals surface area contributed by atoms with Crippen molar-refractivity contribution in [2.75, 3.05) is 13.1 Å². The van der Waals surface area contributed by atoms with Gasteiger partial charge in [0.1, 0.15) is 9.88 Å². The van der Waals surface area contributed by atoms with E-state index in [1.807, 2.05) is 32.0 Å². The van der Waals surface area contributed by atoms with Crippen molar-refractivity contribution >= 4 is 34.8 Å². The number of thiazole rings is 1. The molecular weight excluding hydrogens is 346 g/mol. The molecule has 128 valence electrons. The highest BCUT2D eigenvalue weighted by atomic mass is 35.5. The molecule has 0 unspecified atom stereocenters. The van der Waals surface area contributed by atoms with Crippen molar-refractivity contribution in [3.05, 3.63) is 39.9 Å². The second-order valence-corrected chi connectivity index (χ2v) is 7.08. The van der Waals surface area contributed by atoms with Gasteiger partial charge in [-0.15, -0.1) is 11.3 Å². The van der Waals surface area contributed by atoms with Gasteiger partial charge in [0, 0.05) is 29.6 Å². The second kappa shape index (κ2) is 8.26. The number of amides is 2. The topological polar surface area (TPSA) is 71.1 Å². The van der Waals surface area contributed by atoms with E-state index in [1.54, 1.807) is 13.0 Å². The van der Waals surface area contributed by atoms with E-state index in [2.05, 4.69) is 15.6 Å². The zero-order valence-corrected chi connectivity index (χ0v) is 15.4. The van der Waals surface area contributed by atoms with Gasteiger partial charge in [-0.3, -0.25) is 9.59 Å². The quantitative estimate of drug-likeness (QED) is 0.772. The van der Waals surface area contributed by atoms with E-state index in [9.17, 15) is 9.59 Å². The van der Waals surface area contributed by atoms with Gasteiger partial charge in [-0.2, -0.15) is 0 Å². The van der Waals surface area contributed by atoms with E-state index in [-0.39, 0.29) is 17.7 Å². The van der Waals surface area contributed by atoms with Crippen LogP contribution in [0.5, 0.6) is 0 Å². The van der Waals surface area contributed by atoms with Crippen molar-refractivity contribution in [1.82, 2.24) is 15.6 Å². The fraction of sp³-hybridized carbons (Fsp3) is 0.353. The standard InChI is InChI=1S/C17H20ClN3O2S/c1-10(2)15(22)19-7-8-20-16(23)14-11(3)21-17(24-14)12-5-4-6-13(18)9-12/h4-6,9-10H,7-8H2,1-3H3,(H,19,22)(H,20,23). The van der Waals surface area contributed by atoms with Crippen LogP contribution in [0.3, 0.4) is 0 Å². The summed E-state index contributed by atoms with van der Waals surface area (Å²) in [5.41, 5.74) is 1.57. The van der Waals surface area contributed by atoms with Gasteiger partial charge in [0.25, 0.3) is 5.91 Å². The molecule has 24 heavy (non-hydrogen) atoms. The zero-order valence-electron chi connectivity index (χ0n) is 13.9. The Labute approximate surface area is 150 Å². The van der Waals surface area contributed by atoms with Crippen LogP contribution in [0, 0.1) is 12.8 Å². The zero-order chi connectivity index (χ0) is 17.7. The number of carbonyl (C=O) groups is 2. The second-order valence-electron chi connectivity index (χ2n) is 5.65. The van der Waals surface area contributed by atoms with Crippen molar-refractivity contribution in [3.8, 4) is 10.6 Å². The minimum absolute atomic E-state index is 0.0264. The first kappa shape index (κ1) is 18.4. The van der Waals surface area contributed by atoms with Crippen molar-refractivity contribution in [2.24, 2.45) is 5.92 Å². The number of benzene rings is 1. The molecule has 0 saturated heterocycles. The normalized spacial score (nSPS) is 10.7. The number of rotatable bonds is 6. The molecule has 2 rings (SSSR count). The minimum atomic E-state index is -0.183. The SMILES string of the molecule is Cc1nc(-c2cccc(Cl)c2)sc1C(=O)NCCNC(=O)C(C)C. The molecule has 0 atom stereocenters. The van der Waals surface area contributed by atoms with Gasteiger partial charge >= 0.3 is 0 Å². The van der Waals surface area contributed by atoms with Gasteiger partial charge in [-0.1, -0.05) is 37.6 Å². The lowest BCUT2D eigenvalue weighted by Crippen LogP contribution is -2.36. The average molecular weight is 366 g/mol. The minimum Gasteiger partial charge on any atom is -0.354 e. The summed E-state index contributed by atoms with van der Waals surface area (Å²) in [5.74, 6) is -0.275. The number of halogens is 1. The summed E-state index contributed by atoms with van der Waals surface area (Å²) in [6.07, 6.45) is 0. The molecule has 0 bridgehead atoms. The predicted octanol–water partition coefficient (Wildman–Crippen LogP) is 3.27. The van der Waals surface area contributed by atoms with Crippen LogP contribution in [0.25, 0.3) is 10.6 Å². The van der Waals surface area contributed by atoms with Gasteiger partial charge in [0.05, 0.1) is 5.69 Å². The number of nitrogens with one attached hydrogen (secondary N) is 2. The Morgan fingerprint density at radius 1 is 1.25 bits per heavy atom. The lowest BCUT2D eigenvalue weighted by atomic mass is 10.2. The summed E-state index contributed by atoms with van der Waals surface area (Å²) in [4.78, 5) is 28.8. The maximum atomic E-state index is 12.3. The number of carbonyl (C=O) groups excluding carboxylic acids is 2. The summed E-state index contributed by atoms with van der Waals surface area (Å²) in [6, 6.07) is 7.38.